The number of allylic oxidation sites excluding steroid dienone is 2. The monoisotopic (exact) mass is 968 g/mol. The summed E-state index contributed by atoms with van der Waals surface area (Å²) in [6.45, 7) is 1.68. The summed E-state index contributed by atoms with van der Waals surface area (Å²) in [5, 5.41) is 120. The fraction of sp³-hybridized carbons (Fsp3) is 0.938. The lowest BCUT2D eigenvalue weighted by Gasteiger charge is -2.48. The van der Waals surface area contributed by atoms with Gasteiger partial charge in [0.25, 0.3) is 0 Å². The molecule has 19 heteroatoms. The molecular formula is C48H89NO18. The van der Waals surface area contributed by atoms with Crippen molar-refractivity contribution in [3.8, 4) is 0 Å². The zero-order valence-electron chi connectivity index (χ0n) is 40.1. The third-order valence-electron chi connectivity index (χ3n) is 13.1. The summed E-state index contributed by atoms with van der Waals surface area (Å²) in [4.78, 5) is 13.2. The molecule has 0 bridgehead atoms. The summed E-state index contributed by atoms with van der Waals surface area (Å²) in [7, 11) is 0. The number of hydrogen-bond acceptors (Lipinski definition) is 18. The van der Waals surface area contributed by atoms with E-state index in [9.17, 15) is 61.0 Å². The van der Waals surface area contributed by atoms with Gasteiger partial charge in [0.15, 0.2) is 18.9 Å². The molecule has 3 aliphatic rings. The maximum absolute atomic E-state index is 13.2. The van der Waals surface area contributed by atoms with Gasteiger partial charge in [0.2, 0.25) is 5.91 Å². The van der Waals surface area contributed by atoms with Gasteiger partial charge in [-0.3, -0.25) is 4.79 Å². The first-order valence-electron chi connectivity index (χ1n) is 25.4. The van der Waals surface area contributed by atoms with E-state index in [2.05, 4.69) is 31.3 Å². The zero-order valence-corrected chi connectivity index (χ0v) is 40.1. The van der Waals surface area contributed by atoms with Gasteiger partial charge in [0.1, 0.15) is 73.2 Å². The van der Waals surface area contributed by atoms with Crippen LogP contribution in [-0.4, -0.2) is 193 Å². The Bertz CT molecular complexity index is 1300. The minimum atomic E-state index is -1.97. The lowest BCUT2D eigenvalue weighted by Crippen LogP contribution is -2.66. The molecule has 0 aromatic carbocycles. The SMILES string of the molecule is CCCC/C=C\CCCCCCCC(=O)NC(COC1OC(CO)C(OC2OC(CO)C(OC3OC(CO)C(O)C(O)C3O)C(O)C2O)C(O)C1O)C(O)CCCCCCCCCCCCC. The molecule has 3 heterocycles. The van der Waals surface area contributed by atoms with Gasteiger partial charge in [-0.05, 0) is 32.1 Å². The summed E-state index contributed by atoms with van der Waals surface area (Å²) >= 11 is 0. The van der Waals surface area contributed by atoms with Crippen molar-refractivity contribution in [2.45, 2.75) is 259 Å². The minimum Gasteiger partial charge on any atom is -0.394 e. The molecule has 12 N–H and O–H groups in total. The second-order valence-corrected chi connectivity index (χ2v) is 18.6. The van der Waals surface area contributed by atoms with Crippen LogP contribution >= 0.6 is 0 Å². The van der Waals surface area contributed by atoms with Crippen molar-refractivity contribution in [3.05, 3.63) is 12.2 Å². The van der Waals surface area contributed by atoms with Crippen LogP contribution in [-0.2, 0) is 33.2 Å². The molecular weight excluding hydrogens is 879 g/mol. The number of hydrogen-bond donors (Lipinski definition) is 12. The van der Waals surface area contributed by atoms with Gasteiger partial charge >= 0.3 is 0 Å². The molecule has 67 heavy (non-hydrogen) atoms. The van der Waals surface area contributed by atoms with Crippen LogP contribution in [0, 0.1) is 0 Å². The van der Waals surface area contributed by atoms with Gasteiger partial charge in [-0.2, -0.15) is 0 Å². The van der Waals surface area contributed by atoms with Gasteiger partial charge in [-0.25, -0.2) is 0 Å². The van der Waals surface area contributed by atoms with Crippen molar-refractivity contribution in [2.75, 3.05) is 26.4 Å². The molecule has 0 radical (unpaired) electrons. The Morgan fingerprint density at radius 2 is 0.955 bits per heavy atom. The average molecular weight is 968 g/mol. The van der Waals surface area contributed by atoms with E-state index >= 15 is 0 Å². The molecule has 0 spiro atoms. The predicted molar refractivity (Wildman–Crippen MR) is 245 cm³/mol. The predicted octanol–water partition coefficient (Wildman–Crippen LogP) is 1.48. The van der Waals surface area contributed by atoms with Crippen LogP contribution in [0.4, 0.5) is 0 Å². The lowest BCUT2D eigenvalue weighted by atomic mass is 9.96. The Morgan fingerprint density at radius 3 is 1.49 bits per heavy atom. The van der Waals surface area contributed by atoms with E-state index in [-0.39, 0.29) is 18.9 Å². The Hall–Kier alpha value is -1.47. The minimum absolute atomic E-state index is 0.257. The maximum Gasteiger partial charge on any atom is 0.220 e. The number of rotatable bonds is 35. The van der Waals surface area contributed by atoms with Crippen LogP contribution in [0.2, 0.25) is 0 Å². The Morgan fingerprint density at radius 1 is 0.522 bits per heavy atom. The van der Waals surface area contributed by atoms with Crippen LogP contribution < -0.4 is 5.32 Å². The maximum atomic E-state index is 13.2. The van der Waals surface area contributed by atoms with Crippen LogP contribution in [0.15, 0.2) is 12.2 Å². The van der Waals surface area contributed by atoms with Crippen LogP contribution in [0.3, 0.4) is 0 Å². The molecule has 0 aliphatic carbocycles. The molecule has 0 aromatic rings. The number of amides is 1. The number of aliphatic hydroxyl groups excluding tert-OH is 11. The molecule has 17 unspecified atom stereocenters. The highest BCUT2D eigenvalue weighted by Crippen LogP contribution is 2.33. The lowest BCUT2D eigenvalue weighted by molar-refractivity contribution is -0.379. The number of carbonyl (C=O) groups excluding carboxylic acids is 1. The fourth-order valence-electron chi connectivity index (χ4n) is 8.76. The molecule has 0 aromatic heterocycles. The third-order valence-corrected chi connectivity index (χ3v) is 13.1. The largest absolute Gasteiger partial charge is 0.394 e. The third kappa shape index (κ3) is 20.3. The van der Waals surface area contributed by atoms with E-state index in [1.165, 1.54) is 57.8 Å². The first-order valence-corrected chi connectivity index (χ1v) is 25.4. The van der Waals surface area contributed by atoms with E-state index in [0.29, 0.717) is 12.8 Å². The van der Waals surface area contributed by atoms with E-state index < -0.39 is 124 Å². The number of ether oxygens (including phenoxy) is 6. The number of nitrogens with one attached hydrogen (secondary N) is 1. The van der Waals surface area contributed by atoms with Crippen LogP contribution in [0.1, 0.15) is 155 Å². The molecule has 394 valence electrons. The molecule has 1 amide bonds. The van der Waals surface area contributed by atoms with Crippen molar-refractivity contribution in [2.24, 2.45) is 0 Å². The average Bonchev–Trinajstić information content (AvgIpc) is 3.32. The zero-order chi connectivity index (χ0) is 49.1. The van der Waals surface area contributed by atoms with Gasteiger partial charge in [-0.15, -0.1) is 0 Å². The Balaban J connectivity index is 1.57. The second kappa shape index (κ2) is 34.0. The Labute approximate surface area is 397 Å². The van der Waals surface area contributed by atoms with E-state index in [1.54, 1.807) is 0 Å². The number of aliphatic hydroxyl groups is 11. The normalized spacial score (nSPS) is 33.5. The summed E-state index contributed by atoms with van der Waals surface area (Å²) in [5.74, 6) is -0.257. The highest BCUT2D eigenvalue weighted by Gasteiger charge is 2.53. The van der Waals surface area contributed by atoms with Gasteiger partial charge < -0.3 is 89.9 Å². The molecule has 0 saturated carbocycles. The summed E-state index contributed by atoms with van der Waals surface area (Å²) in [6.07, 6.45) is 0.467. The van der Waals surface area contributed by atoms with Crippen molar-refractivity contribution >= 4 is 5.91 Å². The molecule has 3 aliphatic heterocycles. The van der Waals surface area contributed by atoms with Crippen molar-refractivity contribution in [1.82, 2.24) is 5.32 Å². The van der Waals surface area contributed by atoms with Gasteiger partial charge in [0.05, 0.1) is 38.6 Å². The first kappa shape index (κ1) is 59.8. The topological polar surface area (TPSA) is 307 Å². The molecule has 17 atom stereocenters. The molecule has 19 nitrogen and oxygen atoms in total. The van der Waals surface area contributed by atoms with Gasteiger partial charge in [-0.1, -0.05) is 129 Å². The summed E-state index contributed by atoms with van der Waals surface area (Å²) in [5.41, 5.74) is 0. The Kier molecular flexibility index (Phi) is 30.4. The van der Waals surface area contributed by atoms with E-state index in [4.69, 9.17) is 28.4 Å². The molecule has 3 saturated heterocycles. The highest BCUT2D eigenvalue weighted by molar-refractivity contribution is 5.76. The van der Waals surface area contributed by atoms with Gasteiger partial charge in [0, 0.05) is 6.42 Å². The van der Waals surface area contributed by atoms with Crippen LogP contribution in [0.25, 0.3) is 0 Å². The number of unbranched alkanes of at least 4 members (excludes halogenated alkanes) is 17. The van der Waals surface area contributed by atoms with Crippen molar-refractivity contribution in [3.63, 3.8) is 0 Å². The summed E-state index contributed by atoms with van der Waals surface area (Å²) < 4.78 is 34.1. The van der Waals surface area contributed by atoms with Crippen molar-refractivity contribution < 1.29 is 89.4 Å². The second-order valence-electron chi connectivity index (χ2n) is 18.6. The fourth-order valence-corrected chi connectivity index (χ4v) is 8.76. The quantitative estimate of drug-likeness (QED) is 0.0316. The number of carbonyl (C=O) groups is 1. The summed E-state index contributed by atoms with van der Waals surface area (Å²) in [6, 6.07) is -0.884. The van der Waals surface area contributed by atoms with Crippen LogP contribution in [0.5, 0.6) is 0 Å². The highest BCUT2D eigenvalue weighted by atomic mass is 16.8. The molecule has 3 rings (SSSR count). The molecule has 3 fully saturated rings. The standard InChI is InChI=1S/C48H89NO18/c1-3-5-7-9-11-13-15-17-19-21-23-25-32(53)31(49-36(54)26-24-22-20-18-16-14-12-10-8-6-4-2)30-62-46-42(60)39(57)44(34(28-51)64-46)67-48-43(61)40(58)45(35(29-52)65-48)66-47-41(59)38(56)37(55)33(27-50)63-47/h10,12,31-35,37-48,50-53,55-61H,3-9,11,13-30H2,1-2H3,(H,49,54)/b12-10-. The smallest absolute Gasteiger partial charge is 0.220 e. The van der Waals surface area contributed by atoms with E-state index in [0.717, 1.165) is 64.2 Å². The first-order chi connectivity index (χ1) is 32.3. The van der Waals surface area contributed by atoms with E-state index in [1.807, 2.05) is 0 Å². The van der Waals surface area contributed by atoms with Crippen molar-refractivity contribution in [1.29, 1.82) is 0 Å².